The van der Waals surface area contributed by atoms with Crippen molar-refractivity contribution in [3.05, 3.63) is 23.8 Å². The Balaban J connectivity index is 1.48. The van der Waals surface area contributed by atoms with Crippen molar-refractivity contribution in [2.45, 2.75) is 86.0 Å². The van der Waals surface area contributed by atoms with E-state index in [1.54, 1.807) is 0 Å². The molecule has 0 aromatic carbocycles. The van der Waals surface area contributed by atoms with Gasteiger partial charge in [0.1, 0.15) is 0 Å². The average Bonchev–Trinajstić information content (AvgIpc) is 3.13. The predicted molar refractivity (Wildman–Crippen MR) is 129 cm³/mol. The van der Waals surface area contributed by atoms with Crippen LogP contribution >= 0.6 is 0 Å². The van der Waals surface area contributed by atoms with Crippen LogP contribution in [0, 0.1) is 52.3 Å². The second kappa shape index (κ2) is 8.76. The Morgan fingerprint density at radius 1 is 1.03 bits per heavy atom. The second-order valence-corrected chi connectivity index (χ2v) is 12.1. The molecule has 3 fully saturated rings. The van der Waals surface area contributed by atoms with Gasteiger partial charge in [0, 0.05) is 6.42 Å². The van der Waals surface area contributed by atoms with Crippen molar-refractivity contribution in [3.63, 3.8) is 0 Å². The van der Waals surface area contributed by atoms with Crippen LogP contribution in [0.5, 0.6) is 0 Å². The maximum atomic E-state index is 12.1. The highest BCUT2D eigenvalue weighted by molar-refractivity contribution is 5.91. The van der Waals surface area contributed by atoms with E-state index in [4.69, 9.17) is 4.74 Å². The van der Waals surface area contributed by atoms with Crippen LogP contribution in [0.1, 0.15) is 86.0 Å². The van der Waals surface area contributed by atoms with Crippen molar-refractivity contribution in [2.24, 2.45) is 52.3 Å². The van der Waals surface area contributed by atoms with Crippen LogP contribution in [0.25, 0.3) is 0 Å². The molecule has 32 heavy (non-hydrogen) atoms. The third-order valence-electron chi connectivity index (χ3n) is 10.7. The van der Waals surface area contributed by atoms with E-state index in [-0.39, 0.29) is 23.2 Å². The Hall–Kier alpha value is -1.38. The number of fused-ring (bicyclic) bond motifs is 5. The van der Waals surface area contributed by atoms with Crippen LogP contribution in [-0.4, -0.2) is 18.9 Å². The van der Waals surface area contributed by atoms with Crippen LogP contribution < -0.4 is 0 Å². The first-order chi connectivity index (χ1) is 15.1. The van der Waals surface area contributed by atoms with Crippen LogP contribution in [0.15, 0.2) is 23.8 Å². The van der Waals surface area contributed by atoms with Gasteiger partial charge in [-0.3, -0.25) is 9.59 Å². The van der Waals surface area contributed by atoms with E-state index < -0.39 is 0 Å². The summed E-state index contributed by atoms with van der Waals surface area (Å²) in [5.74, 6) is 4.01. The number of hydrogen-bond donors (Lipinski definition) is 0. The van der Waals surface area contributed by atoms with E-state index in [0.717, 1.165) is 42.9 Å². The molecule has 3 nitrogen and oxygen atoms in total. The molecule has 0 aliphatic heterocycles. The van der Waals surface area contributed by atoms with Crippen molar-refractivity contribution in [1.29, 1.82) is 0 Å². The summed E-state index contributed by atoms with van der Waals surface area (Å²) in [6.07, 6.45) is 16.2. The van der Waals surface area contributed by atoms with Gasteiger partial charge >= 0.3 is 5.97 Å². The minimum atomic E-state index is -0.121. The quantitative estimate of drug-likeness (QED) is 0.350. The molecule has 4 aliphatic rings. The SMILES string of the molecule is COC(=O)C(C)[C@@H](C)C=C[C@@H](C)[C@H]1CC[C@H]2[C@@H]3CCC4=CC(=O)CC[C@]4(C)[C@H]3CC[C@]12C. The molecule has 4 rings (SSSR count). The Morgan fingerprint density at radius 2 is 1.78 bits per heavy atom. The monoisotopic (exact) mass is 440 g/mol. The van der Waals surface area contributed by atoms with E-state index >= 15 is 0 Å². The number of methoxy groups -OCH3 is 1. The fraction of sp³-hybridized carbons (Fsp3) is 0.793. The van der Waals surface area contributed by atoms with Crippen LogP contribution in [0.2, 0.25) is 0 Å². The number of allylic oxidation sites excluding steroid dienone is 3. The van der Waals surface area contributed by atoms with E-state index in [1.807, 2.05) is 13.0 Å². The molecule has 0 radical (unpaired) electrons. The molecule has 0 aromatic heterocycles. The Labute approximate surface area is 195 Å². The molecule has 0 heterocycles. The highest BCUT2D eigenvalue weighted by Gasteiger charge is 2.59. The zero-order valence-corrected chi connectivity index (χ0v) is 21.2. The first-order valence-electron chi connectivity index (χ1n) is 13.1. The van der Waals surface area contributed by atoms with Gasteiger partial charge in [0.25, 0.3) is 0 Å². The number of hydrogen-bond acceptors (Lipinski definition) is 3. The minimum absolute atomic E-state index is 0.0987. The maximum absolute atomic E-state index is 12.1. The average molecular weight is 441 g/mol. The third kappa shape index (κ3) is 3.82. The number of carbonyl (C=O) groups is 2. The van der Waals surface area contributed by atoms with Gasteiger partial charge in [-0.15, -0.1) is 0 Å². The van der Waals surface area contributed by atoms with Gasteiger partial charge in [-0.25, -0.2) is 0 Å². The van der Waals surface area contributed by atoms with Gasteiger partial charge in [-0.05, 0) is 97.4 Å². The van der Waals surface area contributed by atoms with Crippen molar-refractivity contribution < 1.29 is 14.3 Å². The van der Waals surface area contributed by atoms with Crippen LogP contribution in [0.4, 0.5) is 0 Å². The van der Waals surface area contributed by atoms with E-state index in [0.29, 0.717) is 17.1 Å². The van der Waals surface area contributed by atoms with Gasteiger partial charge in [0.2, 0.25) is 0 Å². The van der Waals surface area contributed by atoms with Gasteiger partial charge < -0.3 is 4.74 Å². The molecule has 178 valence electrons. The fourth-order valence-corrected chi connectivity index (χ4v) is 8.52. The van der Waals surface area contributed by atoms with E-state index in [1.165, 1.54) is 44.8 Å². The lowest BCUT2D eigenvalue weighted by Crippen LogP contribution is -2.50. The largest absolute Gasteiger partial charge is 0.469 e. The number of carbonyl (C=O) groups excluding carboxylic acids is 2. The summed E-state index contributed by atoms with van der Waals surface area (Å²) < 4.78 is 4.93. The zero-order chi connectivity index (χ0) is 23.3. The van der Waals surface area contributed by atoms with Gasteiger partial charge in [0.05, 0.1) is 13.0 Å². The molecule has 0 spiro atoms. The molecule has 4 aliphatic carbocycles. The lowest BCUT2D eigenvalue weighted by Gasteiger charge is -2.58. The van der Waals surface area contributed by atoms with Gasteiger partial charge in [-0.2, -0.15) is 0 Å². The molecule has 0 N–H and O–H groups in total. The first-order valence-corrected chi connectivity index (χ1v) is 13.1. The summed E-state index contributed by atoms with van der Waals surface area (Å²) in [7, 11) is 1.48. The third-order valence-corrected chi connectivity index (χ3v) is 10.7. The molecular formula is C29H44O3. The second-order valence-electron chi connectivity index (χ2n) is 12.1. The van der Waals surface area contributed by atoms with E-state index in [9.17, 15) is 9.59 Å². The summed E-state index contributed by atoms with van der Waals surface area (Å²) in [6.45, 7) is 11.6. The van der Waals surface area contributed by atoms with Crippen molar-refractivity contribution >= 4 is 11.8 Å². The molecule has 1 unspecified atom stereocenters. The number of esters is 1. The molecule has 9 atom stereocenters. The smallest absolute Gasteiger partial charge is 0.308 e. The molecule has 0 bridgehead atoms. The lowest BCUT2D eigenvalue weighted by atomic mass is 9.46. The maximum Gasteiger partial charge on any atom is 0.308 e. The fourth-order valence-electron chi connectivity index (χ4n) is 8.52. The summed E-state index contributed by atoms with van der Waals surface area (Å²) >= 11 is 0. The minimum Gasteiger partial charge on any atom is -0.469 e. The highest BCUT2D eigenvalue weighted by Crippen LogP contribution is 2.67. The number of ketones is 1. The Bertz CT molecular complexity index is 809. The molecule has 0 amide bonds. The Morgan fingerprint density at radius 3 is 2.50 bits per heavy atom. The highest BCUT2D eigenvalue weighted by atomic mass is 16.5. The standard InChI is InChI=1S/C29H44O3/c1-18(20(3)27(31)32-6)7-8-19(2)24-11-12-25-23-10-9-21-17-22(30)13-15-28(21,4)26(23)14-16-29(24,25)5/h7-8,17-20,23-26H,9-16H2,1-6H3/t18-,19+,20?,23-,24+,25-,26-,28-,29+/m0/s1. The number of ether oxygens (including phenoxy) is 1. The molecular weight excluding hydrogens is 396 g/mol. The summed E-state index contributed by atoms with van der Waals surface area (Å²) in [5.41, 5.74) is 2.16. The predicted octanol–water partition coefficient (Wildman–Crippen LogP) is 6.77. The van der Waals surface area contributed by atoms with Crippen LogP contribution in [0.3, 0.4) is 0 Å². The molecule has 3 heteroatoms. The summed E-state index contributed by atoms with van der Waals surface area (Å²) in [5, 5.41) is 0. The molecule has 0 aromatic rings. The van der Waals surface area contributed by atoms with Crippen molar-refractivity contribution in [3.8, 4) is 0 Å². The molecule has 0 saturated heterocycles. The topological polar surface area (TPSA) is 43.4 Å². The van der Waals surface area contributed by atoms with Crippen molar-refractivity contribution in [1.82, 2.24) is 0 Å². The van der Waals surface area contributed by atoms with E-state index in [2.05, 4.69) is 39.8 Å². The molecule has 3 saturated carbocycles. The normalized spacial score (nSPS) is 41.8. The van der Waals surface area contributed by atoms with Crippen LogP contribution in [-0.2, 0) is 14.3 Å². The zero-order valence-electron chi connectivity index (χ0n) is 21.2. The number of rotatable bonds is 5. The Kier molecular flexibility index (Phi) is 6.51. The van der Waals surface area contributed by atoms with Crippen molar-refractivity contribution in [2.75, 3.05) is 7.11 Å². The summed E-state index contributed by atoms with van der Waals surface area (Å²) in [4.78, 5) is 24.0. The lowest BCUT2D eigenvalue weighted by molar-refractivity contribution is -0.145. The first kappa shape index (κ1) is 23.8. The summed E-state index contributed by atoms with van der Waals surface area (Å²) in [6, 6.07) is 0. The van der Waals surface area contributed by atoms with Gasteiger partial charge in [0.15, 0.2) is 5.78 Å². The van der Waals surface area contributed by atoms with Gasteiger partial charge in [-0.1, -0.05) is 52.3 Å².